The van der Waals surface area contributed by atoms with Gasteiger partial charge in [0.05, 0.1) is 0 Å². The van der Waals surface area contributed by atoms with E-state index < -0.39 is 0 Å². The minimum atomic E-state index is 1.23. The van der Waals surface area contributed by atoms with Gasteiger partial charge in [-0.2, -0.15) is 0 Å². The molecule has 0 aliphatic carbocycles. The van der Waals surface area contributed by atoms with E-state index in [1.165, 1.54) is 97.7 Å². The van der Waals surface area contributed by atoms with Crippen LogP contribution in [-0.4, -0.2) is 0 Å². The summed E-state index contributed by atoms with van der Waals surface area (Å²) >= 11 is 0. The first-order valence-electron chi connectivity index (χ1n) is 15.4. The van der Waals surface area contributed by atoms with Crippen LogP contribution in [0, 0.1) is 0 Å². The smallest absolute Gasteiger partial charge is 0.00201 e. The van der Waals surface area contributed by atoms with Crippen LogP contribution in [0.15, 0.2) is 158 Å². The topological polar surface area (TPSA) is 0 Å². The Balaban J connectivity index is 1.14. The van der Waals surface area contributed by atoms with E-state index in [2.05, 4.69) is 158 Å². The first-order valence-corrected chi connectivity index (χ1v) is 15.4. The maximum atomic E-state index is 2.37. The van der Waals surface area contributed by atoms with Crippen LogP contribution in [0.5, 0.6) is 0 Å². The van der Waals surface area contributed by atoms with Crippen LogP contribution in [0.3, 0.4) is 0 Å². The first kappa shape index (κ1) is 23.8. The van der Waals surface area contributed by atoms with Gasteiger partial charge in [-0.1, -0.05) is 152 Å². The zero-order chi connectivity index (χ0) is 28.8. The van der Waals surface area contributed by atoms with Gasteiger partial charge >= 0.3 is 0 Å². The quantitative estimate of drug-likeness (QED) is 0.147. The lowest BCUT2D eigenvalue weighted by molar-refractivity contribution is 1.63. The van der Waals surface area contributed by atoms with Crippen LogP contribution >= 0.6 is 0 Å². The molecule has 0 radical (unpaired) electrons. The van der Waals surface area contributed by atoms with Crippen LogP contribution in [0.2, 0.25) is 0 Å². The van der Waals surface area contributed by atoms with Crippen molar-refractivity contribution >= 4 is 75.4 Å². The van der Waals surface area contributed by atoms with Gasteiger partial charge in [0.25, 0.3) is 0 Å². The lowest BCUT2D eigenvalue weighted by Gasteiger charge is -2.16. The van der Waals surface area contributed by atoms with Gasteiger partial charge in [-0.25, -0.2) is 0 Å². The Labute approximate surface area is 254 Å². The standard InChI is InChI=1S/C44H26/c1-2-12-34-32(10-1)33-11-3-4-13-35(33)42-26-30(22-23-36(34)42)27-18-20-28(21-19-27)31-24-25-41-39-15-6-9-29-8-5-14-38(43(29)39)40-17-7-16-37(31)44(40)41/h1-26H. The molecule has 0 aromatic heterocycles. The van der Waals surface area contributed by atoms with Crippen molar-refractivity contribution in [2.45, 2.75) is 0 Å². The number of rotatable bonds is 2. The van der Waals surface area contributed by atoms with E-state index in [-0.39, 0.29) is 0 Å². The maximum absolute atomic E-state index is 2.37. The van der Waals surface area contributed by atoms with Crippen LogP contribution in [0.4, 0.5) is 0 Å². The fourth-order valence-electron chi connectivity index (χ4n) is 7.83. The molecule has 0 amide bonds. The highest BCUT2D eigenvalue weighted by atomic mass is 14.2. The van der Waals surface area contributed by atoms with Crippen molar-refractivity contribution in [1.29, 1.82) is 0 Å². The van der Waals surface area contributed by atoms with Gasteiger partial charge in [0.1, 0.15) is 0 Å². The molecule has 0 spiro atoms. The molecular weight excluding hydrogens is 528 g/mol. The molecule has 0 N–H and O–H groups in total. The lowest BCUT2D eigenvalue weighted by Crippen LogP contribution is -1.89. The van der Waals surface area contributed by atoms with Crippen molar-refractivity contribution in [1.82, 2.24) is 0 Å². The Kier molecular flexibility index (Phi) is 4.81. The molecule has 0 saturated heterocycles. The second kappa shape index (κ2) is 8.89. The third kappa shape index (κ3) is 3.23. The Bertz CT molecular complexity index is 2660. The number of hydrogen-bond acceptors (Lipinski definition) is 0. The zero-order valence-corrected chi connectivity index (χ0v) is 24.0. The van der Waals surface area contributed by atoms with Gasteiger partial charge < -0.3 is 0 Å². The third-order valence-electron chi connectivity index (χ3n) is 9.80. The largest absolute Gasteiger partial charge is 0.0616 e. The highest BCUT2D eigenvalue weighted by molar-refractivity contribution is 6.34. The highest BCUT2D eigenvalue weighted by Gasteiger charge is 2.15. The van der Waals surface area contributed by atoms with Gasteiger partial charge in [-0.3, -0.25) is 0 Å². The Hall–Kier alpha value is -5.72. The number of benzene rings is 10. The lowest BCUT2D eigenvalue weighted by atomic mass is 9.87. The molecule has 10 rings (SSSR count). The molecule has 10 aromatic rings. The van der Waals surface area contributed by atoms with E-state index in [9.17, 15) is 0 Å². The fourth-order valence-corrected chi connectivity index (χ4v) is 7.83. The molecule has 0 aliphatic rings. The second-order valence-corrected chi connectivity index (χ2v) is 12.0. The Morgan fingerprint density at radius 3 is 1.32 bits per heavy atom. The molecule has 0 heteroatoms. The van der Waals surface area contributed by atoms with E-state index in [1.807, 2.05) is 0 Å². The second-order valence-electron chi connectivity index (χ2n) is 12.0. The predicted octanol–water partition coefficient (Wildman–Crippen LogP) is 12.5. The van der Waals surface area contributed by atoms with E-state index in [0.29, 0.717) is 0 Å². The van der Waals surface area contributed by atoms with E-state index >= 15 is 0 Å². The predicted molar refractivity (Wildman–Crippen MR) is 191 cm³/mol. The van der Waals surface area contributed by atoms with Gasteiger partial charge in [-0.15, -0.1) is 0 Å². The van der Waals surface area contributed by atoms with E-state index in [4.69, 9.17) is 0 Å². The summed E-state index contributed by atoms with van der Waals surface area (Å²) in [5, 5.41) is 18.5. The molecule has 0 saturated carbocycles. The van der Waals surface area contributed by atoms with Gasteiger partial charge in [0, 0.05) is 0 Å². The molecular formula is C44H26. The van der Waals surface area contributed by atoms with Crippen molar-refractivity contribution in [3.63, 3.8) is 0 Å². The molecule has 202 valence electrons. The van der Waals surface area contributed by atoms with Crippen molar-refractivity contribution in [2.75, 3.05) is 0 Å². The minimum Gasteiger partial charge on any atom is -0.0616 e. The molecule has 0 unspecified atom stereocenters. The SMILES string of the molecule is c1ccc2c(c1)c1ccccc1c1cc(-c3ccc(-c4ccc5c6cccc7cccc(c8cccc4c85)c76)cc3)ccc21. The van der Waals surface area contributed by atoms with Gasteiger partial charge in [0.2, 0.25) is 0 Å². The number of hydrogen-bond donors (Lipinski definition) is 0. The average Bonchev–Trinajstić information content (AvgIpc) is 3.10. The molecule has 0 heterocycles. The van der Waals surface area contributed by atoms with Crippen molar-refractivity contribution in [3.8, 4) is 22.3 Å². The Morgan fingerprint density at radius 1 is 0.227 bits per heavy atom. The summed E-state index contributed by atoms with van der Waals surface area (Å²) in [6.45, 7) is 0. The van der Waals surface area contributed by atoms with Crippen molar-refractivity contribution < 1.29 is 0 Å². The van der Waals surface area contributed by atoms with Crippen LogP contribution < -0.4 is 0 Å². The number of fused-ring (bicyclic) bond motifs is 8. The third-order valence-corrected chi connectivity index (χ3v) is 9.80. The maximum Gasteiger partial charge on any atom is -0.00201 e. The summed E-state index contributed by atoms with van der Waals surface area (Å²) < 4.78 is 0. The summed E-state index contributed by atoms with van der Waals surface area (Å²) in [4.78, 5) is 0. The normalized spacial score (nSPS) is 12.1. The van der Waals surface area contributed by atoms with Crippen molar-refractivity contribution in [2.24, 2.45) is 0 Å². The highest BCUT2D eigenvalue weighted by Crippen LogP contribution is 2.43. The Morgan fingerprint density at radius 2 is 0.659 bits per heavy atom. The molecule has 10 aromatic carbocycles. The molecule has 0 nitrogen and oxygen atoms in total. The van der Waals surface area contributed by atoms with E-state index in [0.717, 1.165) is 0 Å². The minimum absolute atomic E-state index is 1.23. The summed E-state index contributed by atoms with van der Waals surface area (Å²) in [7, 11) is 0. The first-order chi connectivity index (χ1) is 21.8. The molecule has 0 bridgehead atoms. The summed E-state index contributed by atoms with van der Waals surface area (Å²) in [5.41, 5.74) is 4.99. The average molecular weight is 555 g/mol. The monoisotopic (exact) mass is 554 g/mol. The van der Waals surface area contributed by atoms with E-state index in [1.54, 1.807) is 0 Å². The van der Waals surface area contributed by atoms with Gasteiger partial charge in [0.15, 0.2) is 0 Å². The molecule has 44 heavy (non-hydrogen) atoms. The summed E-state index contributed by atoms with van der Waals surface area (Å²) in [6, 6.07) is 58.5. The molecule has 0 fully saturated rings. The fraction of sp³-hybridized carbons (Fsp3) is 0. The molecule has 0 atom stereocenters. The van der Waals surface area contributed by atoms with Crippen LogP contribution in [0.25, 0.3) is 97.7 Å². The van der Waals surface area contributed by atoms with Crippen LogP contribution in [-0.2, 0) is 0 Å². The summed E-state index contributed by atoms with van der Waals surface area (Å²) in [6.07, 6.45) is 0. The zero-order valence-electron chi connectivity index (χ0n) is 24.0. The van der Waals surface area contributed by atoms with Crippen LogP contribution in [0.1, 0.15) is 0 Å². The molecule has 0 aliphatic heterocycles. The summed E-state index contributed by atoms with van der Waals surface area (Å²) in [5.74, 6) is 0. The van der Waals surface area contributed by atoms with Gasteiger partial charge in [-0.05, 0) is 104 Å². The van der Waals surface area contributed by atoms with Crippen molar-refractivity contribution in [3.05, 3.63) is 158 Å².